The van der Waals surface area contributed by atoms with E-state index in [1.165, 1.54) is 7.11 Å². The SMILES string of the molecule is CCOc1ccccc1N(CC(=O)Nc1cccc(C(=O)OC)c1C)S(C)(=O)=O. The Morgan fingerprint density at radius 3 is 2.41 bits per heavy atom. The molecule has 0 aliphatic rings. The first-order valence-corrected chi connectivity index (χ1v) is 10.7. The number of amides is 1. The Morgan fingerprint density at radius 1 is 1.10 bits per heavy atom. The van der Waals surface area contributed by atoms with Crippen molar-refractivity contribution in [2.45, 2.75) is 13.8 Å². The average Bonchev–Trinajstić information content (AvgIpc) is 2.67. The number of esters is 1. The maximum Gasteiger partial charge on any atom is 0.338 e. The predicted molar refractivity (Wildman–Crippen MR) is 111 cm³/mol. The van der Waals surface area contributed by atoms with Crippen LogP contribution in [-0.2, 0) is 19.6 Å². The van der Waals surface area contributed by atoms with Gasteiger partial charge in [-0.15, -0.1) is 0 Å². The number of hydrogen-bond donors (Lipinski definition) is 1. The molecule has 9 heteroatoms. The molecule has 0 aromatic heterocycles. The number of carbonyl (C=O) groups is 2. The highest BCUT2D eigenvalue weighted by Gasteiger charge is 2.24. The van der Waals surface area contributed by atoms with E-state index in [4.69, 9.17) is 9.47 Å². The molecule has 0 saturated carbocycles. The molecular formula is C20H24N2O6S. The van der Waals surface area contributed by atoms with Crippen LogP contribution in [0.4, 0.5) is 11.4 Å². The van der Waals surface area contributed by atoms with Crippen molar-refractivity contribution < 1.29 is 27.5 Å². The van der Waals surface area contributed by atoms with Crippen molar-refractivity contribution in [3.8, 4) is 5.75 Å². The largest absolute Gasteiger partial charge is 0.492 e. The van der Waals surface area contributed by atoms with Crippen LogP contribution in [0.5, 0.6) is 5.75 Å². The predicted octanol–water partition coefficient (Wildman–Crippen LogP) is 2.59. The van der Waals surface area contributed by atoms with Crippen LogP contribution in [0.2, 0.25) is 0 Å². The van der Waals surface area contributed by atoms with Crippen LogP contribution in [0, 0.1) is 6.92 Å². The number of rotatable bonds is 8. The van der Waals surface area contributed by atoms with Gasteiger partial charge in [-0.05, 0) is 43.7 Å². The fraction of sp³-hybridized carbons (Fsp3) is 0.300. The van der Waals surface area contributed by atoms with E-state index in [9.17, 15) is 18.0 Å². The summed E-state index contributed by atoms with van der Waals surface area (Å²) in [7, 11) is -2.49. The average molecular weight is 420 g/mol. The zero-order valence-corrected chi connectivity index (χ0v) is 17.6. The van der Waals surface area contributed by atoms with Gasteiger partial charge in [0.1, 0.15) is 12.3 Å². The van der Waals surface area contributed by atoms with Gasteiger partial charge in [0.15, 0.2) is 0 Å². The van der Waals surface area contributed by atoms with E-state index >= 15 is 0 Å². The minimum Gasteiger partial charge on any atom is -0.492 e. The summed E-state index contributed by atoms with van der Waals surface area (Å²) < 4.78 is 35.9. The van der Waals surface area contributed by atoms with E-state index in [1.54, 1.807) is 56.3 Å². The van der Waals surface area contributed by atoms with Crippen molar-refractivity contribution >= 4 is 33.3 Å². The lowest BCUT2D eigenvalue weighted by Gasteiger charge is -2.24. The number of ether oxygens (including phenoxy) is 2. The first-order valence-electron chi connectivity index (χ1n) is 8.86. The second-order valence-corrected chi connectivity index (χ2v) is 8.10. The number of benzene rings is 2. The van der Waals surface area contributed by atoms with Gasteiger partial charge < -0.3 is 14.8 Å². The van der Waals surface area contributed by atoms with Gasteiger partial charge in [-0.2, -0.15) is 0 Å². The molecule has 0 aliphatic carbocycles. The van der Waals surface area contributed by atoms with Crippen LogP contribution in [0.1, 0.15) is 22.8 Å². The fourth-order valence-corrected chi connectivity index (χ4v) is 3.60. The van der Waals surface area contributed by atoms with Gasteiger partial charge in [0.2, 0.25) is 15.9 Å². The van der Waals surface area contributed by atoms with Gasteiger partial charge in [0.05, 0.1) is 31.2 Å². The molecule has 0 aliphatic heterocycles. The van der Waals surface area contributed by atoms with Crippen molar-refractivity contribution in [3.63, 3.8) is 0 Å². The van der Waals surface area contributed by atoms with Crippen molar-refractivity contribution in [2.24, 2.45) is 0 Å². The second kappa shape index (κ2) is 9.42. The number of anilines is 2. The van der Waals surface area contributed by atoms with Gasteiger partial charge in [-0.25, -0.2) is 13.2 Å². The summed E-state index contributed by atoms with van der Waals surface area (Å²) in [5, 5.41) is 2.66. The second-order valence-electron chi connectivity index (χ2n) is 6.19. The van der Waals surface area contributed by atoms with E-state index in [2.05, 4.69) is 5.32 Å². The third kappa shape index (κ3) is 5.47. The van der Waals surface area contributed by atoms with E-state index in [-0.39, 0.29) is 5.69 Å². The Hall–Kier alpha value is -3.07. The monoisotopic (exact) mass is 420 g/mol. The highest BCUT2D eigenvalue weighted by Crippen LogP contribution is 2.30. The van der Waals surface area contributed by atoms with E-state index < -0.39 is 28.4 Å². The summed E-state index contributed by atoms with van der Waals surface area (Å²) >= 11 is 0. The lowest BCUT2D eigenvalue weighted by Crippen LogP contribution is -2.37. The molecule has 0 heterocycles. The highest BCUT2D eigenvalue weighted by molar-refractivity contribution is 7.92. The number of methoxy groups -OCH3 is 1. The molecule has 0 atom stereocenters. The Morgan fingerprint density at radius 2 is 1.79 bits per heavy atom. The zero-order chi connectivity index (χ0) is 21.6. The Labute approximate surface area is 170 Å². The molecule has 2 aromatic rings. The number of nitrogens with zero attached hydrogens (tertiary/aromatic N) is 1. The molecule has 2 rings (SSSR count). The van der Waals surface area contributed by atoms with Crippen molar-refractivity contribution in [2.75, 3.05) is 36.1 Å². The Kier molecular flexibility index (Phi) is 7.22. The number of para-hydroxylation sites is 2. The quantitative estimate of drug-likeness (QED) is 0.659. The zero-order valence-electron chi connectivity index (χ0n) is 16.8. The maximum atomic E-state index is 12.6. The highest BCUT2D eigenvalue weighted by atomic mass is 32.2. The first kappa shape index (κ1) is 22.2. The maximum absolute atomic E-state index is 12.6. The van der Waals surface area contributed by atoms with E-state index in [0.717, 1.165) is 10.6 Å². The molecule has 0 fully saturated rings. The minimum atomic E-state index is -3.76. The molecule has 0 radical (unpaired) electrons. The first-order chi connectivity index (χ1) is 13.7. The van der Waals surface area contributed by atoms with Crippen LogP contribution < -0.4 is 14.4 Å². The third-order valence-electron chi connectivity index (χ3n) is 4.13. The van der Waals surface area contributed by atoms with Crippen LogP contribution in [0.3, 0.4) is 0 Å². The molecule has 1 N–H and O–H groups in total. The molecular weight excluding hydrogens is 396 g/mol. The van der Waals surface area contributed by atoms with E-state index in [1.807, 2.05) is 0 Å². The molecule has 0 unspecified atom stereocenters. The van der Waals surface area contributed by atoms with Crippen LogP contribution in [0.15, 0.2) is 42.5 Å². The fourth-order valence-electron chi connectivity index (χ4n) is 2.74. The lowest BCUT2D eigenvalue weighted by atomic mass is 10.1. The molecule has 2 aromatic carbocycles. The number of hydrogen-bond acceptors (Lipinski definition) is 6. The van der Waals surface area contributed by atoms with Crippen LogP contribution in [0.25, 0.3) is 0 Å². The third-order valence-corrected chi connectivity index (χ3v) is 5.26. The standard InChI is InChI=1S/C20H24N2O6S/c1-5-28-18-12-7-6-11-17(18)22(29(4,25)26)13-19(23)21-16-10-8-9-15(14(16)2)20(24)27-3/h6-12H,5,13H2,1-4H3,(H,21,23). The summed E-state index contributed by atoms with van der Waals surface area (Å²) in [6, 6.07) is 11.4. The molecule has 156 valence electrons. The van der Waals surface area contributed by atoms with Gasteiger partial charge in [-0.1, -0.05) is 18.2 Å². The Balaban J connectivity index is 2.31. The minimum absolute atomic E-state index is 0.270. The van der Waals surface area contributed by atoms with Gasteiger partial charge >= 0.3 is 5.97 Å². The lowest BCUT2D eigenvalue weighted by molar-refractivity contribution is -0.114. The van der Waals surface area contributed by atoms with Gasteiger partial charge in [0, 0.05) is 5.69 Å². The molecule has 29 heavy (non-hydrogen) atoms. The number of carbonyl (C=O) groups excluding carboxylic acids is 2. The molecule has 0 spiro atoms. The normalized spacial score (nSPS) is 10.9. The summed E-state index contributed by atoms with van der Waals surface area (Å²) in [5.74, 6) is -0.731. The van der Waals surface area contributed by atoms with Crippen molar-refractivity contribution in [1.82, 2.24) is 0 Å². The smallest absolute Gasteiger partial charge is 0.338 e. The van der Waals surface area contributed by atoms with Crippen molar-refractivity contribution in [1.29, 1.82) is 0 Å². The van der Waals surface area contributed by atoms with E-state index in [0.29, 0.717) is 29.2 Å². The topological polar surface area (TPSA) is 102 Å². The number of sulfonamides is 1. The van der Waals surface area contributed by atoms with Crippen LogP contribution >= 0.6 is 0 Å². The summed E-state index contributed by atoms with van der Waals surface area (Å²) in [5.41, 5.74) is 1.50. The molecule has 0 saturated heterocycles. The molecule has 8 nitrogen and oxygen atoms in total. The van der Waals surface area contributed by atoms with Crippen LogP contribution in [-0.4, -0.2) is 46.8 Å². The molecule has 1 amide bonds. The van der Waals surface area contributed by atoms with Gasteiger partial charge in [-0.3, -0.25) is 9.10 Å². The molecule has 0 bridgehead atoms. The van der Waals surface area contributed by atoms with Crippen molar-refractivity contribution in [3.05, 3.63) is 53.6 Å². The summed E-state index contributed by atoms with van der Waals surface area (Å²) in [6.07, 6.45) is 1.02. The Bertz CT molecular complexity index is 1000. The summed E-state index contributed by atoms with van der Waals surface area (Å²) in [4.78, 5) is 24.5. The van der Waals surface area contributed by atoms with Gasteiger partial charge in [0.25, 0.3) is 0 Å². The summed E-state index contributed by atoms with van der Waals surface area (Å²) in [6.45, 7) is 3.34. The number of nitrogens with one attached hydrogen (secondary N) is 1.